The van der Waals surface area contributed by atoms with Crippen LogP contribution < -0.4 is 0 Å². The van der Waals surface area contributed by atoms with E-state index in [0.29, 0.717) is 12.8 Å². The van der Waals surface area contributed by atoms with Crippen molar-refractivity contribution < 1.29 is 9.90 Å². The lowest BCUT2D eigenvalue weighted by atomic mass is 10.0. The summed E-state index contributed by atoms with van der Waals surface area (Å²) in [5, 5.41) is 8.70. The maximum atomic E-state index is 11.7. The number of hydrogen-bond acceptors (Lipinski definition) is 2. The van der Waals surface area contributed by atoms with Crippen molar-refractivity contribution in [1.82, 2.24) is 4.90 Å². The van der Waals surface area contributed by atoms with E-state index in [1.807, 2.05) is 7.05 Å². The van der Waals surface area contributed by atoms with Crippen molar-refractivity contribution in [1.29, 1.82) is 0 Å². The average molecular weight is 249 g/mol. The summed E-state index contributed by atoms with van der Waals surface area (Å²) in [7, 11) is 1.82. The predicted molar refractivity (Wildman–Crippen MR) is 73.6 cm³/mol. The fraction of sp³-hybridized carbons (Fsp3) is 0.533. The Kier molecular flexibility index (Phi) is 5.86. The lowest BCUT2D eigenvalue weighted by Crippen LogP contribution is -2.28. The predicted octanol–water partition coefficient (Wildman–Crippen LogP) is 2.08. The van der Waals surface area contributed by atoms with E-state index >= 15 is 0 Å². The van der Waals surface area contributed by atoms with Gasteiger partial charge in [-0.15, -0.1) is 0 Å². The second-order valence-electron chi connectivity index (χ2n) is 4.82. The Morgan fingerprint density at radius 2 is 2.06 bits per heavy atom. The van der Waals surface area contributed by atoms with Gasteiger partial charge in [0.15, 0.2) is 0 Å². The second kappa shape index (κ2) is 7.17. The minimum absolute atomic E-state index is 0.0800. The molecular weight excluding hydrogens is 226 g/mol. The summed E-state index contributed by atoms with van der Waals surface area (Å²) in [6, 6.07) is 6.41. The molecule has 0 saturated heterocycles. The van der Waals surface area contributed by atoms with Crippen molar-refractivity contribution >= 4 is 5.91 Å². The molecule has 0 aliphatic heterocycles. The van der Waals surface area contributed by atoms with Crippen molar-refractivity contribution in [2.45, 2.75) is 33.1 Å². The molecule has 3 heteroatoms. The summed E-state index contributed by atoms with van der Waals surface area (Å²) in [5.41, 5.74) is 3.84. The quantitative estimate of drug-likeness (QED) is 0.838. The van der Waals surface area contributed by atoms with Crippen LogP contribution in [0.4, 0.5) is 0 Å². The van der Waals surface area contributed by atoms with Crippen LogP contribution in [0.5, 0.6) is 0 Å². The number of benzene rings is 1. The normalized spacial score (nSPS) is 10.4. The molecule has 0 radical (unpaired) electrons. The summed E-state index contributed by atoms with van der Waals surface area (Å²) >= 11 is 0. The van der Waals surface area contributed by atoms with E-state index in [0.717, 1.165) is 13.0 Å². The average Bonchev–Trinajstić information content (AvgIpc) is 2.34. The van der Waals surface area contributed by atoms with Crippen LogP contribution in [-0.2, 0) is 11.2 Å². The first-order valence-corrected chi connectivity index (χ1v) is 6.45. The molecule has 0 heterocycles. The maximum Gasteiger partial charge on any atom is 0.222 e. The lowest BCUT2D eigenvalue weighted by Gasteiger charge is -2.17. The second-order valence-corrected chi connectivity index (χ2v) is 4.82. The molecule has 1 aromatic carbocycles. The van der Waals surface area contributed by atoms with Gasteiger partial charge >= 0.3 is 0 Å². The van der Waals surface area contributed by atoms with Crippen LogP contribution >= 0.6 is 0 Å². The lowest BCUT2D eigenvalue weighted by molar-refractivity contribution is -0.130. The summed E-state index contributed by atoms with van der Waals surface area (Å²) in [6.07, 6.45) is 1.86. The van der Waals surface area contributed by atoms with Gasteiger partial charge in [-0.05, 0) is 37.8 Å². The Bertz CT molecular complexity index is 401. The highest BCUT2D eigenvalue weighted by molar-refractivity contribution is 5.75. The molecule has 0 aromatic heterocycles. The monoisotopic (exact) mass is 249 g/mol. The van der Waals surface area contributed by atoms with E-state index in [1.165, 1.54) is 16.7 Å². The summed E-state index contributed by atoms with van der Waals surface area (Å²) in [4.78, 5) is 13.4. The van der Waals surface area contributed by atoms with E-state index in [4.69, 9.17) is 5.11 Å². The topological polar surface area (TPSA) is 40.5 Å². The Balaban J connectivity index is 2.46. The standard InChI is InChI=1S/C15H23NO2/c1-12-6-7-14(13(2)11-12)8-9-16(3)15(18)5-4-10-17/h6-7,11,17H,4-5,8-10H2,1-3H3. The molecule has 1 rings (SSSR count). The van der Waals surface area contributed by atoms with Crippen LogP contribution in [0.3, 0.4) is 0 Å². The fourth-order valence-corrected chi connectivity index (χ4v) is 1.96. The molecule has 18 heavy (non-hydrogen) atoms. The molecule has 0 bridgehead atoms. The van der Waals surface area contributed by atoms with Crippen LogP contribution in [0.1, 0.15) is 29.5 Å². The molecule has 1 N–H and O–H groups in total. The molecular formula is C15H23NO2. The van der Waals surface area contributed by atoms with Crippen molar-refractivity contribution in [3.8, 4) is 0 Å². The first-order chi connectivity index (χ1) is 8.54. The Morgan fingerprint density at radius 1 is 1.33 bits per heavy atom. The summed E-state index contributed by atoms with van der Waals surface area (Å²) in [6.45, 7) is 5.00. The number of nitrogens with zero attached hydrogens (tertiary/aromatic N) is 1. The molecule has 100 valence electrons. The fourth-order valence-electron chi connectivity index (χ4n) is 1.96. The van der Waals surface area contributed by atoms with Crippen molar-refractivity contribution in [2.75, 3.05) is 20.2 Å². The van der Waals surface area contributed by atoms with Gasteiger partial charge in [-0.25, -0.2) is 0 Å². The Labute approximate surface area is 109 Å². The van der Waals surface area contributed by atoms with E-state index in [2.05, 4.69) is 32.0 Å². The van der Waals surface area contributed by atoms with Crippen molar-refractivity contribution in [3.05, 3.63) is 34.9 Å². The molecule has 0 saturated carbocycles. The third-order valence-corrected chi connectivity index (χ3v) is 3.19. The molecule has 0 aliphatic rings. The Hall–Kier alpha value is -1.35. The Morgan fingerprint density at radius 3 is 2.67 bits per heavy atom. The molecule has 0 aliphatic carbocycles. The number of hydrogen-bond donors (Lipinski definition) is 1. The number of aryl methyl sites for hydroxylation is 2. The van der Waals surface area contributed by atoms with Crippen molar-refractivity contribution in [2.24, 2.45) is 0 Å². The van der Waals surface area contributed by atoms with Gasteiger partial charge in [0, 0.05) is 26.6 Å². The first-order valence-electron chi connectivity index (χ1n) is 6.45. The highest BCUT2D eigenvalue weighted by Gasteiger charge is 2.08. The number of aliphatic hydroxyl groups is 1. The van der Waals surface area contributed by atoms with Crippen LogP contribution in [0.15, 0.2) is 18.2 Å². The number of rotatable bonds is 6. The van der Waals surface area contributed by atoms with E-state index in [1.54, 1.807) is 4.90 Å². The van der Waals surface area contributed by atoms with Crippen molar-refractivity contribution in [3.63, 3.8) is 0 Å². The molecule has 0 spiro atoms. The van der Waals surface area contributed by atoms with Gasteiger partial charge in [-0.1, -0.05) is 23.8 Å². The number of aliphatic hydroxyl groups excluding tert-OH is 1. The van der Waals surface area contributed by atoms with Crippen LogP contribution in [0, 0.1) is 13.8 Å². The number of likely N-dealkylation sites (N-methyl/N-ethyl adjacent to an activating group) is 1. The van der Waals surface area contributed by atoms with Gasteiger partial charge in [0.1, 0.15) is 0 Å². The van der Waals surface area contributed by atoms with Gasteiger partial charge in [0.2, 0.25) is 5.91 Å². The first kappa shape index (κ1) is 14.7. The molecule has 0 atom stereocenters. The van der Waals surface area contributed by atoms with Gasteiger partial charge in [-0.3, -0.25) is 4.79 Å². The minimum atomic E-state index is 0.0800. The number of carbonyl (C=O) groups excluding carboxylic acids is 1. The molecule has 1 aromatic rings. The largest absolute Gasteiger partial charge is 0.396 e. The summed E-state index contributed by atoms with van der Waals surface area (Å²) in [5.74, 6) is 0.105. The number of amides is 1. The van der Waals surface area contributed by atoms with E-state index in [-0.39, 0.29) is 12.5 Å². The molecule has 0 unspecified atom stereocenters. The highest BCUT2D eigenvalue weighted by Crippen LogP contribution is 2.11. The van der Waals surface area contributed by atoms with Gasteiger partial charge < -0.3 is 10.0 Å². The number of carbonyl (C=O) groups is 1. The van der Waals surface area contributed by atoms with Crippen LogP contribution in [0.25, 0.3) is 0 Å². The SMILES string of the molecule is Cc1ccc(CCN(C)C(=O)CCCO)c(C)c1. The zero-order chi connectivity index (χ0) is 13.5. The molecule has 3 nitrogen and oxygen atoms in total. The molecule has 0 fully saturated rings. The third-order valence-electron chi connectivity index (χ3n) is 3.19. The zero-order valence-corrected chi connectivity index (χ0v) is 11.6. The highest BCUT2D eigenvalue weighted by atomic mass is 16.3. The van der Waals surface area contributed by atoms with Gasteiger partial charge in [-0.2, -0.15) is 0 Å². The minimum Gasteiger partial charge on any atom is -0.396 e. The van der Waals surface area contributed by atoms with E-state index < -0.39 is 0 Å². The maximum absolute atomic E-state index is 11.7. The zero-order valence-electron chi connectivity index (χ0n) is 11.6. The molecule has 1 amide bonds. The smallest absolute Gasteiger partial charge is 0.222 e. The van der Waals surface area contributed by atoms with Gasteiger partial charge in [0.25, 0.3) is 0 Å². The van der Waals surface area contributed by atoms with Crippen LogP contribution in [0.2, 0.25) is 0 Å². The summed E-state index contributed by atoms with van der Waals surface area (Å²) < 4.78 is 0. The third kappa shape index (κ3) is 4.49. The van der Waals surface area contributed by atoms with Gasteiger partial charge in [0.05, 0.1) is 0 Å². The van der Waals surface area contributed by atoms with E-state index in [9.17, 15) is 4.79 Å². The van der Waals surface area contributed by atoms with Crippen LogP contribution in [-0.4, -0.2) is 36.1 Å².